The van der Waals surface area contributed by atoms with Crippen LogP contribution < -0.4 is 15.2 Å². The first-order valence-electron chi connectivity index (χ1n) is 6.99. The fraction of sp³-hybridized carbons (Fsp3) is 0.294. The summed E-state index contributed by atoms with van der Waals surface area (Å²) in [7, 11) is 0. The standard InChI is InChI=1S/C17H21NO2/c1-2-14-8-3-5-10-16(14)19-12-7-13-20-17-11-6-4-9-15(17)18/h3-6,8-11H,2,7,12-13,18H2,1H3. The van der Waals surface area contributed by atoms with E-state index in [1.165, 1.54) is 5.56 Å². The predicted octanol–water partition coefficient (Wildman–Crippen LogP) is 3.68. The Labute approximate surface area is 120 Å². The monoisotopic (exact) mass is 271 g/mol. The summed E-state index contributed by atoms with van der Waals surface area (Å²) >= 11 is 0. The molecule has 2 aromatic rings. The highest BCUT2D eigenvalue weighted by Crippen LogP contribution is 2.20. The Kier molecular flexibility index (Phi) is 5.30. The van der Waals surface area contributed by atoms with Gasteiger partial charge in [0.15, 0.2) is 0 Å². The number of nitrogen functional groups attached to an aromatic ring is 1. The minimum Gasteiger partial charge on any atom is -0.493 e. The third-order valence-electron chi connectivity index (χ3n) is 3.08. The second kappa shape index (κ2) is 7.43. The number of nitrogens with two attached hydrogens (primary N) is 1. The van der Waals surface area contributed by atoms with Gasteiger partial charge in [-0.2, -0.15) is 0 Å². The Morgan fingerprint density at radius 3 is 2.15 bits per heavy atom. The number of hydrogen-bond acceptors (Lipinski definition) is 3. The molecule has 0 atom stereocenters. The van der Waals surface area contributed by atoms with Crippen LogP contribution in [0.15, 0.2) is 48.5 Å². The van der Waals surface area contributed by atoms with Gasteiger partial charge < -0.3 is 15.2 Å². The Morgan fingerprint density at radius 2 is 1.45 bits per heavy atom. The van der Waals surface area contributed by atoms with Gasteiger partial charge in [-0.05, 0) is 30.2 Å². The largest absolute Gasteiger partial charge is 0.493 e. The van der Waals surface area contributed by atoms with Gasteiger partial charge in [-0.15, -0.1) is 0 Å². The first-order valence-corrected chi connectivity index (χ1v) is 6.99. The van der Waals surface area contributed by atoms with Gasteiger partial charge in [0.2, 0.25) is 0 Å². The zero-order valence-electron chi connectivity index (χ0n) is 11.8. The Hall–Kier alpha value is -2.16. The molecule has 3 nitrogen and oxygen atoms in total. The van der Waals surface area contributed by atoms with Crippen molar-refractivity contribution in [3.8, 4) is 11.5 Å². The number of aryl methyl sites for hydroxylation is 1. The van der Waals surface area contributed by atoms with Gasteiger partial charge in [0, 0.05) is 6.42 Å². The average molecular weight is 271 g/mol. The van der Waals surface area contributed by atoms with Gasteiger partial charge in [-0.3, -0.25) is 0 Å². The van der Waals surface area contributed by atoms with Crippen LogP contribution in [0.1, 0.15) is 18.9 Å². The van der Waals surface area contributed by atoms with Crippen LogP contribution in [0.25, 0.3) is 0 Å². The molecule has 0 aliphatic heterocycles. The zero-order valence-corrected chi connectivity index (χ0v) is 11.8. The number of hydrogen-bond donors (Lipinski definition) is 1. The van der Waals surface area contributed by atoms with Crippen LogP contribution >= 0.6 is 0 Å². The van der Waals surface area contributed by atoms with Crippen LogP contribution in [-0.2, 0) is 6.42 Å². The molecule has 0 saturated heterocycles. The van der Waals surface area contributed by atoms with E-state index < -0.39 is 0 Å². The van der Waals surface area contributed by atoms with Crippen molar-refractivity contribution < 1.29 is 9.47 Å². The highest BCUT2D eigenvalue weighted by Gasteiger charge is 2.01. The lowest BCUT2D eigenvalue weighted by Crippen LogP contribution is -2.06. The molecule has 0 aliphatic carbocycles. The van der Waals surface area contributed by atoms with Crippen LogP contribution in [0.2, 0.25) is 0 Å². The van der Waals surface area contributed by atoms with Crippen molar-refractivity contribution in [2.24, 2.45) is 0 Å². The smallest absolute Gasteiger partial charge is 0.142 e. The molecule has 2 aromatic carbocycles. The summed E-state index contributed by atoms with van der Waals surface area (Å²) in [6.07, 6.45) is 1.81. The summed E-state index contributed by atoms with van der Waals surface area (Å²) in [6.45, 7) is 3.37. The summed E-state index contributed by atoms with van der Waals surface area (Å²) in [5.41, 5.74) is 7.72. The van der Waals surface area contributed by atoms with Gasteiger partial charge in [-0.1, -0.05) is 37.3 Å². The van der Waals surface area contributed by atoms with Crippen LogP contribution in [0.4, 0.5) is 5.69 Å². The maximum absolute atomic E-state index is 5.81. The molecule has 0 radical (unpaired) electrons. The van der Waals surface area contributed by atoms with E-state index in [2.05, 4.69) is 13.0 Å². The zero-order chi connectivity index (χ0) is 14.2. The summed E-state index contributed by atoms with van der Waals surface area (Å²) in [5, 5.41) is 0. The molecule has 20 heavy (non-hydrogen) atoms. The van der Waals surface area contributed by atoms with Crippen molar-refractivity contribution in [1.29, 1.82) is 0 Å². The van der Waals surface area contributed by atoms with E-state index in [0.29, 0.717) is 18.9 Å². The Bertz CT molecular complexity index is 540. The third kappa shape index (κ3) is 3.92. The highest BCUT2D eigenvalue weighted by molar-refractivity contribution is 5.51. The molecule has 0 aromatic heterocycles. The molecule has 2 N–H and O–H groups in total. The molecule has 0 unspecified atom stereocenters. The molecule has 0 saturated carbocycles. The molecule has 3 heteroatoms. The SMILES string of the molecule is CCc1ccccc1OCCCOc1ccccc1N. The Morgan fingerprint density at radius 1 is 0.850 bits per heavy atom. The van der Waals surface area contributed by atoms with E-state index in [9.17, 15) is 0 Å². The maximum Gasteiger partial charge on any atom is 0.142 e. The number of anilines is 1. The average Bonchev–Trinajstić information content (AvgIpc) is 2.49. The van der Waals surface area contributed by atoms with E-state index in [0.717, 1.165) is 24.3 Å². The summed E-state index contributed by atoms with van der Waals surface area (Å²) in [6, 6.07) is 15.7. The van der Waals surface area contributed by atoms with E-state index in [-0.39, 0.29) is 0 Å². The van der Waals surface area contributed by atoms with Crippen LogP contribution in [0, 0.1) is 0 Å². The third-order valence-corrected chi connectivity index (χ3v) is 3.08. The minimum atomic E-state index is 0.600. The van der Waals surface area contributed by atoms with Crippen molar-refractivity contribution in [3.63, 3.8) is 0 Å². The van der Waals surface area contributed by atoms with Crippen LogP contribution in [0.5, 0.6) is 11.5 Å². The molecule has 0 spiro atoms. The van der Waals surface area contributed by atoms with Crippen LogP contribution in [0.3, 0.4) is 0 Å². The van der Waals surface area contributed by atoms with Gasteiger partial charge >= 0.3 is 0 Å². The van der Waals surface area contributed by atoms with Crippen LogP contribution in [-0.4, -0.2) is 13.2 Å². The molecule has 106 valence electrons. The first-order chi connectivity index (χ1) is 9.81. The molecule has 0 bridgehead atoms. The normalized spacial score (nSPS) is 10.2. The van der Waals surface area contributed by atoms with E-state index in [4.69, 9.17) is 15.2 Å². The van der Waals surface area contributed by atoms with Gasteiger partial charge in [0.1, 0.15) is 11.5 Å². The number of rotatable bonds is 7. The molecule has 0 heterocycles. The van der Waals surface area contributed by atoms with Crippen molar-refractivity contribution in [1.82, 2.24) is 0 Å². The van der Waals surface area contributed by atoms with E-state index in [1.54, 1.807) is 0 Å². The lowest BCUT2D eigenvalue weighted by Gasteiger charge is -2.11. The van der Waals surface area contributed by atoms with Gasteiger partial charge in [0.25, 0.3) is 0 Å². The lowest BCUT2D eigenvalue weighted by molar-refractivity contribution is 0.247. The van der Waals surface area contributed by atoms with Crippen molar-refractivity contribution in [2.45, 2.75) is 19.8 Å². The van der Waals surface area contributed by atoms with Crippen molar-refractivity contribution in [2.75, 3.05) is 18.9 Å². The molecular weight excluding hydrogens is 250 g/mol. The van der Waals surface area contributed by atoms with Gasteiger partial charge in [0.05, 0.1) is 18.9 Å². The maximum atomic E-state index is 5.81. The quantitative estimate of drug-likeness (QED) is 0.617. The molecular formula is C17H21NO2. The summed E-state index contributed by atoms with van der Waals surface area (Å²) < 4.78 is 11.4. The first kappa shape index (κ1) is 14.3. The minimum absolute atomic E-state index is 0.600. The summed E-state index contributed by atoms with van der Waals surface area (Å²) in [4.78, 5) is 0. The molecule has 2 rings (SSSR count). The molecule has 0 aliphatic rings. The second-order valence-electron chi connectivity index (χ2n) is 4.55. The summed E-state index contributed by atoms with van der Waals surface area (Å²) in [5.74, 6) is 1.70. The topological polar surface area (TPSA) is 44.5 Å². The molecule has 0 fully saturated rings. The number of ether oxygens (including phenoxy) is 2. The van der Waals surface area contributed by atoms with Gasteiger partial charge in [-0.25, -0.2) is 0 Å². The lowest BCUT2D eigenvalue weighted by atomic mass is 10.1. The number of benzene rings is 2. The second-order valence-corrected chi connectivity index (χ2v) is 4.55. The predicted molar refractivity (Wildman–Crippen MR) is 82.3 cm³/mol. The Balaban J connectivity index is 1.73. The van der Waals surface area contributed by atoms with E-state index in [1.807, 2.05) is 42.5 Å². The fourth-order valence-electron chi connectivity index (χ4n) is 1.97. The van der Waals surface area contributed by atoms with Crippen molar-refractivity contribution >= 4 is 5.69 Å². The van der Waals surface area contributed by atoms with Crippen molar-refractivity contribution in [3.05, 3.63) is 54.1 Å². The highest BCUT2D eigenvalue weighted by atomic mass is 16.5. The molecule has 0 amide bonds. The number of para-hydroxylation sites is 3. The fourth-order valence-corrected chi connectivity index (χ4v) is 1.97. The van der Waals surface area contributed by atoms with E-state index >= 15 is 0 Å².